The highest BCUT2D eigenvalue weighted by atomic mass is 14.9. The van der Waals surface area contributed by atoms with Gasteiger partial charge in [-0.25, -0.2) is 0 Å². The molecule has 0 aromatic carbocycles. The van der Waals surface area contributed by atoms with Crippen molar-refractivity contribution in [1.82, 2.24) is 5.32 Å². The fraction of sp³-hybridized carbons (Fsp3) is 0.900. The first kappa shape index (κ1) is 11.4. The van der Waals surface area contributed by atoms with Gasteiger partial charge in [0.15, 0.2) is 0 Å². The van der Waals surface area contributed by atoms with E-state index in [0.29, 0.717) is 5.92 Å². The van der Waals surface area contributed by atoms with E-state index in [1.54, 1.807) is 0 Å². The van der Waals surface area contributed by atoms with Crippen LogP contribution in [0.5, 0.6) is 0 Å². The Kier molecular flexibility index (Phi) is 4.92. The molecule has 0 aromatic rings. The molecule has 0 aliphatic rings. The Morgan fingerprint density at radius 3 is 2.42 bits per heavy atom. The largest absolute Gasteiger partial charge is 0.300 e. The third-order valence-corrected chi connectivity index (χ3v) is 2.04. The van der Waals surface area contributed by atoms with Crippen LogP contribution in [0, 0.1) is 17.2 Å². The Hall–Kier alpha value is -0.550. The molecule has 0 amide bonds. The van der Waals surface area contributed by atoms with E-state index in [2.05, 4.69) is 25.2 Å². The SMILES string of the molecule is CCNC(C)(C#N)CCC(C)C. The van der Waals surface area contributed by atoms with Crippen LogP contribution >= 0.6 is 0 Å². The van der Waals surface area contributed by atoms with Crippen LogP contribution in [-0.2, 0) is 0 Å². The van der Waals surface area contributed by atoms with Crippen molar-refractivity contribution in [2.75, 3.05) is 6.54 Å². The molecule has 0 aliphatic heterocycles. The average molecular weight is 168 g/mol. The summed E-state index contributed by atoms with van der Waals surface area (Å²) in [5.41, 5.74) is -0.320. The normalized spacial score (nSPS) is 15.7. The molecule has 1 N–H and O–H groups in total. The van der Waals surface area contributed by atoms with Crippen LogP contribution in [0.3, 0.4) is 0 Å². The van der Waals surface area contributed by atoms with Crippen molar-refractivity contribution in [3.63, 3.8) is 0 Å². The molecule has 0 aliphatic carbocycles. The maximum Gasteiger partial charge on any atom is 0.103 e. The molecule has 70 valence electrons. The molecule has 1 unspecified atom stereocenters. The molecule has 0 bridgehead atoms. The molecule has 1 atom stereocenters. The van der Waals surface area contributed by atoms with E-state index in [0.717, 1.165) is 19.4 Å². The van der Waals surface area contributed by atoms with Crippen LogP contribution in [0.2, 0.25) is 0 Å². The van der Waals surface area contributed by atoms with Gasteiger partial charge >= 0.3 is 0 Å². The van der Waals surface area contributed by atoms with Gasteiger partial charge in [0, 0.05) is 0 Å². The molecule has 0 radical (unpaired) electrons. The van der Waals surface area contributed by atoms with Gasteiger partial charge in [0.25, 0.3) is 0 Å². The monoisotopic (exact) mass is 168 g/mol. The number of nitriles is 1. The second kappa shape index (κ2) is 5.16. The van der Waals surface area contributed by atoms with Crippen LogP contribution in [-0.4, -0.2) is 12.1 Å². The second-order valence-corrected chi connectivity index (χ2v) is 3.91. The first-order valence-corrected chi connectivity index (χ1v) is 4.70. The molecule has 0 rings (SSSR count). The van der Waals surface area contributed by atoms with Crippen molar-refractivity contribution in [1.29, 1.82) is 5.26 Å². The summed E-state index contributed by atoms with van der Waals surface area (Å²) in [4.78, 5) is 0. The van der Waals surface area contributed by atoms with Gasteiger partial charge in [0.05, 0.1) is 6.07 Å². The minimum absolute atomic E-state index is 0.320. The lowest BCUT2D eigenvalue weighted by atomic mass is 9.93. The molecular formula is C10H20N2. The van der Waals surface area contributed by atoms with Crippen molar-refractivity contribution < 1.29 is 0 Å². The van der Waals surface area contributed by atoms with Gasteiger partial charge in [-0.1, -0.05) is 20.8 Å². The third-order valence-electron chi connectivity index (χ3n) is 2.04. The summed E-state index contributed by atoms with van der Waals surface area (Å²) in [6, 6.07) is 2.32. The van der Waals surface area contributed by atoms with E-state index in [9.17, 15) is 0 Å². The Balaban J connectivity index is 3.90. The zero-order valence-electron chi connectivity index (χ0n) is 8.65. The fourth-order valence-electron chi connectivity index (χ4n) is 1.15. The predicted molar refractivity (Wildman–Crippen MR) is 51.8 cm³/mol. The molecule has 12 heavy (non-hydrogen) atoms. The minimum atomic E-state index is -0.320. The smallest absolute Gasteiger partial charge is 0.103 e. The van der Waals surface area contributed by atoms with Crippen molar-refractivity contribution in [3.05, 3.63) is 0 Å². The second-order valence-electron chi connectivity index (χ2n) is 3.91. The van der Waals surface area contributed by atoms with Crippen LogP contribution < -0.4 is 5.32 Å². The van der Waals surface area contributed by atoms with Gasteiger partial charge < -0.3 is 0 Å². The quantitative estimate of drug-likeness (QED) is 0.683. The number of nitrogens with zero attached hydrogens (tertiary/aromatic N) is 1. The topological polar surface area (TPSA) is 35.8 Å². The molecule has 0 aromatic heterocycles. The molecule has 0 spiro atoms. The summed E-state index contributed by atoms with van der Waals surface area (Å²) in [6.45, 7) is 9.24. The number of hydrogen-bond donors (Lipinski definition) is 1. The van der Waals surface area contributed by atoms with Crippen LogP contribution in [0.4, 0.5) is 0 Å². The van der Waals surface area contributed by atoms with Crippen molar-refractivity contribution >= 4 is 0 Å². The third kappa shape index (κ3) is 4.35. The molecule has 2 heteroatoms. The Bertz CT molecular complexity index is 158. The zero-order valence-corrected chi connectivity index (χ0v) is 8.65. The Morgan fingerprint density at radius 2 is 2.08 bits per heavy atom. The van der Waals surface area contributed by atoms with E-state index >= 15 is 0 Å². The first-order chi connectivity index (χ1) is 5.54. The Morgan fingerprint density at radius 1 is 1.50 bits per heavy atom. The molecule has 0 fully saturated rings. The summed E-state index contributed by atoms with van der Waals surface area (Å²) >= 11 is 0. The van der Waals surface area contributed by atoms with Crippen molar-refractivity contribution in [2.24, 2.45) is 5.92 Å². The van der Waals surface area contributed by atoms with Gasteiger partial charge in [0.2, 0.25) is 0 Å². The van der Waals surface area contributed by atoms with Gasteiger partial charge in [-0.15, -0.1) is 0 Å². The van der Waals surface area contributed by atoms with Crippen molar-refractivity contribution in [3.8, 4) is 6.07 Å². The highest BCUT2D eigenvalue weighted by molar-refractivity contribution is 5.03. The maximum atomic E-state index is 8.92. The zero-order chi connectivity index (χ0) is 9.61. The molecule has 0 heterocycles. The Labute approximate surface area is 76.0 Å². The lowest BCUT2D eigenvalue weighted by molar-refractivity contribution is 0.386. The lowest BCUT2D eigenvalue weighted by Crippen LogP contribution is -2.40. The summed E-state index contributed by atoms with van der Waals surface area (Å²) in [7, 11) is 0. The highest BCUT2D eigenvalue weighted by Crippen LogP contribution is 2.15. The van der Waals surface area contributed by atoms with Gasteiger partial charge in [-0.2, -0.15) is 5.26 Å². The summed E-state index contributed by atoms with van der Waals surface area (Å²) in [6.07, 6.45) is 2.05. The van der Waals surface area contributed by atoms with Gasteiger partial charge in [0.1, 0.15) is 5.54 Å². The number of rotatable bonds is 5. The standard InChI is InChI=1S/C10H20N2/c1-5-12-10(4,8-11)7-6-9(2)3/h9,12H,5-7H2,1-4H3. The number of nitrogens with one attached hydrogen (secondary N) is 1. The van der Waals surface area contributed by atoms with E-state index in [1.165, 1.54) is 0 Å². The highest BCUT2D eigenvalue weighted by Gasteiger charge is 2.21. The van der Waals surface area contributed by atoms with Crippen LogP contribution in [0.15, 0.2) is 0 Å². The minimum Gasteiger partial charge on any atom is -0.300 e. The molecule has 2 nitrogen and oxygen atoms in total. The lowest BCUT2D eigenvalue weighted by Gasteiger charge is -2.23. The summed E-state index contributed by atoms with van der Waals surface area (Å²) < 4.78 is 0. The van der Waals surface area contributed by atoms with Crippen LogP contribution in [0.1, 0.15) is 40.5 Å². The van der Waals surface area contributed by atoms with E-state index in [-0.39, 0.29) is 5.54 Å². The van der Waals surface area contributed by atoms with Crippen molar-refractivity contribution in [2.45, 2.75) is 46.1 Å². The molecule has 0 saturated carbocycles. The van der Waals surface area contributed by atoms with E-state index < -0.39 is 0 Å². The average Bonchev–Trinajstić information content (AvgIpc) is 2.02. The first-order valence-electron chi connectivity index (χ1n) is 4.70. The predicted octanol–water partition coefficient (Wildman–Crippen LogP) is 2.31. The summed E-state index contributed by atoms with van der Waals surface area (Å²) in [5, 5.41) is 12.1. The molecule has 0 saturated heterocycles. The van der Waals surface area contributed by atoms with Gasteiger partial charge in [-0.05, 0) is 32.2 Å². The van der Waals surface area contributed by atoms with E-state index in [4.69, 9.17) is 5.26 Å². The van der Waals surface area contributed by atoms with E-state index in [1.807, 2.05) is 13.8 Å². The maximum absolute atomic E-state index is 8.92. The fourth-order valence-corrected chi connectivity index (χ4v) is 1.15. The van der Waals surface area contributed by atoms with Crippen LogP contribution in [0.25, 0.3) is 0 Å². The number of hydrogen-bond acceptors (Lipinski definition) is 2. The summed E-state index contributed by atoms with van der Waals surface area (Å²) in [5.74, 6) is 0.677. The molecular weight excluding hydrogens is 148 g/mol. The van der Waals surface area contributed by atoms with Gasteiger partial charge in [-0.3, -0.25) is 5.32 Å².